The van der Waals surface area contributed by atoms with Crippen LogP contribution in [0.15, 0.2) is 26.6 Å². The fraction of sp³-hybridized carbons (Fsp3) is 0.364. The fourth-order valence-corrected chi connectivity index (χ4v) is 3.72. The molecule has 0 saturated carbocycles. The zero-order chi connectivity index (χ0) is 15.2. The highest BCUT2D eigenvalue weighted by Gasteiger charge is 2.17. The Morgan fingerprint density at radius 3 is 3.05 bits per heavy atom. The summed E-state index contributed by atoms with van der Waals surface area (Å²) in [5.41, 5.74) is -0.245. The highest BCUT2D eigenvalue weighted by atomic mass is 32.2. The van der Waals surface area contributed by atoms with Gasteiger partial charge in [-0.15, -0.1) is 10.2 Å². The molecule has 0 aliphatic carbocycles. The minimum Gasteiger partial charge on any atom is -0.301 e. The van der Waals surface area contributed by atoms with Crippen molar-refractivity contribution in [1.82, 2.24) is 20.2 Å². The average Bonchev–Trinajstić information content (AvgIpc) is 2.86. The summed E-state index contributed by atoms with van der Waals surface area (Å²) in [7, 11) is 0. The number of nitrogens with one attached hydrogen (secondary N) is 2. The average molecular weight is 343 g/mol. The molecule has 7 nitrogen and oxygen atoms in total. The van der Waals surface area contributed by atoms with Crippen molar-refractivity contribution in [3.63, 3.8) is 0 Å². The zero-order valence-corrected chi connectivity index (χ0v) is 13.8. The van der Waals surface area contributed by atoms with Crippen LogP contribution in [0.1, 0.15) is 13.8 Å². The maximum absolute atomic E-state index is 12.0. The van der Waals surface area contributed by atoms with E-state index in [0.29, 0.717) is 10.3 Å². The quantitative estimate of drug-likeness (QED) is 0.469. The first-order valence-corrected chi connectivity index (χ1v) is 8.76. The summed E-state index contributed by atoms with van der Waals surface area (Å²) >= 11 is 4.09. The first-order chi connectivity index (χ1) is 10.1. The van der Waals surface area contributed by atoms with Crippen molar-refractivity contribution in [2.75, 3.05) is 11.1 Å². The second-order valence-corrected chi connectivity index (χ2v) is 7.61. The predicted molar refractivity (Wildman–Crippen MR) is 85.1 cm³/mol. The molecule has 1 amide bonds. The van der Waals surface area contributed by atoms with E-state index in [2.05, 4.69) is 25.5 Å². The van der Waals surface area contributed by atoms with Gasteiger partial charge in [0.05, 0.1) is 5.25 Å². The van der Waals surface area contributed by atoms with Crippen LogP contribution in [-0.2, 0) is 4.79 Å². The first kappa shape index (κ1) is 16.0. The Hall–Kier alpha value is -1.39. The van der Waals surface area contributed by atoms with Crippen molar-refractivity contribution < 1.29 is 4.79 Å². The molecular formula is C11H13N5O2S3. The summed E-state index contributed by atoms with van der Waals surface area (Å²) in [5.74, 6) is 0.692. The molecule has 2 N–H and O–H groups in total. The third kappa shape index (κ3) is 4.83. The van der Waals surface area contributed by atoms with E-state index in [1.807, 2.05) is 6.92 Å². The molecule has 0 fully saturated rings. The number of H-pyrrole nitrogens is 1. The van der Waals surface area contributed by atoms with Crippen molar-refractivity contribution in [1.29, 1.82) is 0 Å². The van der Waals surface area contributed by atoms with E-state index in [9.17, 15) is 9.59 Å². The van der Waals surface area contributed by atoms with Gasteiger partial charge in [-0.05, 0) is 12.7 Å². The lowest BCUT2D eigenvalue weighted by Gasteiger charge is -2.08. The summed E-state index contributed by atoms with van der Waals surface area (Å²) in [4.78, 5) is 29.8. The SMILES string of the molecule is CCSc1nnc(NC(=O)C(C)Sc2nccc(=O)[nH]2)s1. The lowest BCUT2D eigenvalue weighted by atomic mass is 10.4. The van der Waals surface area contributed by atoms with Crippen LogP contribution in [0.4, 0.5) is 5.13 Å². The van der Waals surface area contributed by atoms with E-state index >= 15 is 0 Å². The number of amides is 1. The van der Waals surface area contributed by atoms with Gasteiger partial charge in [0, 0.05) is 12.3 Å². The van der Waals surface area contributed by atoms with Crippen LogP contribution < -0.4 is 10.9 Å². The third-order valence-corrected chi connectivity index (χ3v) is 5.06. The summed E-state index contributed by atoms with van der Waals surface area (Å²) < 4.78 is 0.821. The number of thioether (sulfide) groups is 2. The topological polar surface area (TPSA) is 101 Å². The number of hydrogen-bond donors (Lipinski definition) is 2. The number of rotatable bonds is 6. The van der Waals surface area contributed by atoms with Crippen LogP contribution in [0.3, 0.4) is 0 Å². The molecule has 2 heterocycles. The Morgan fingerprint density at radius 2 is 2.33 bits per heavy atom. The molecule has 2 aromatic rings. The molecule has 21 heavy (non-hydrogen) atoms. The maximum Gasteiger partial charge on any atom is 0.251 e. The number of carbonyl (C=O) groups is 1. The molecule has 0 bridgehead atoms. The van der Waals surface area contributed by atoms with E-state index < -0.39 is 5.25 Å². The molecule has 1 unspecified atom stereocenters. The molecular weight excluding hydrogens is 330 g/mol. The second-order valence-electron chi connectivity index (χ2n) is 3.79. The van der Waals surface area contributed by atoms with Gasteiger partial charge in [-0.3, -0.25) is 14.9 Å². The van der Waals surface area contributed by atoms with E-state index in [4.69, 9.17) is 0 Å². The van der Waals surface area contributed by atoms with Gasteiger partial charge < -0.3 is 4.98 Å². The summed E-state index contributed by atoms with van der Waals surface area (Å²) in [6, 6.07) is 1.32. The Kier molecular flexibility index (Phi) is 5.76. The highest BCUT2D eigenvalue weighted by molar-refractivity contribution is 8.01. The Balaban J connectivity index is 1.94. The van der Waals surface area contributed by atoms with Gasteiger partial charge in [0.1, 0.15) is 0 Å². The third-order valence-electron chi connectivity index (χ3n) is 2.21. The standard InChI is InChI=1S/C11H13N5O2S3/c1-3-19-11-16-15-10(21-11)14-8(18)6(2)20-9-12-5-4-7(17)13-9/h4-6H,3H2,1-2H3,(H,12,13,17)(H,14,15,18). The zero-order valence-electron chi connectivity index (χ0n) is 11.3. The van der Waals surface area contributed by atoms with Crippen molar-refractivity contribution in [3.8, 4) is 0 Å². The van der Waals surface area contributed by atoms with Gasteiger partial charge >= 0.3 is 0 Å². The first-order valence-electron chi connectivity index (χ1n) is 6.07. The molecule has 0 aliphatic rings. The van der Waals surface area contributed by atoms with Gasteiger partial charge in [0.2, 0.25) is 11.0 Å². The highest BCUT2D eigenvalue weighted by Crippen LogP contribution is 2.26. The molecule has 2 rings (SSSR count). The van der Waals surface area contributed by atoms with Gasteiger partial charge in [0.25, 0.3) is 5.56 Å². The minimum absolute atomic E-state index is 0.212. The van der Waals surface area contributed by atoms with Gasteiger partial charge in [-0.25, -0.2) is 4.98 Å². The number of nitrogens with zero attached hydrogens (tertiary/aromatic N) is 3. The lowest BCUT2D eigenvalue weighted by Crippen LogP contribution is -2.23. The normalized spacial score (nSPS) is 12.1. The fourth-order valence-electron chi connectivity index (χ4n) is 1.28. The lowest BCUT2D eigenvalue weighted by molar-refractivity contribution is -0.115. The largest absolute Gasteiger partial charge is 0.301 e. The smallest absolute Gasteiger partial charge is 0.251 e. The van der Waals surface area contributed by atoms with E-state index in [1.165, 1.54) is 35.4 Å². The molecule has 0 radical (unpaired) electrons. The maximum atomic E-state index is 12.0. The number of aromatic amines is 1. The number of aromatic nitrogens is 4. The molecule has 0 saturated heterocycles. The van der Waals surface area contributed by atoms with Crippen LogP contribution in [-0.4, -0.2) is 37.1 Å². The van der Waals surface area contributed by atoms with Crippen LogP contribution >= 0.6 is 34.9 Å². The molecule has 1 atom stereocenters. The van der Waals surface area contributed by atoms with E-state index in [1.54, 1.807) is 18.7 Å². The van der Waals surface area contributed by atoms with Gasteiger partial charge in [-0.1, -0.05) is 41.8 Å². The van der Waals surface area contributed by atoms with Gasteiger partial charge in [0.15, 0.2) is 9.50 Å². The summed E-state index contributed by atoms with van der Waals surface area (Å²) in [6.07, 6.45) is 1.41. The van der Waals surface area contributed by atoms with Crippen LogP contribution in [0, 0.1) is 0 Å². The molecule has 10 heteroatoms. The minimum atomic E-state index is -0.415. The van der Waals surface area contributed by atoms with E-state index in [0.717, 1.165) is 10.1 Å². The molecule has 0 aliphatic heterocycles. The molecule has 2 aromatic heterocycles. The number of hydrogen-bond acceptors (Lipinski definition) is 8. The molecule has 0 spiro atoms. The van der Waals surface area contributed by atoms with Gasteiger partial charge in [-0.2, -0.15) is 0 Å². The Bertz CT molecular complexity index is 672. The predicted octanol–water partition coefficient (Wildman–Crippen LogP) is 1.85. The monoisotopic (exact) mass is 343 g/mol. The number of anilines is 1. The van der Waals surface area contributed by atoms with Crippen LogP contribution in [0.5, 0.6) is 0 Å². The summed E-state index contributed by atoms with van der Waals surface area (Å²) in [6.45, 7) is 3.76. The van der Waals surface area contributed by atoms with Crippen LogP contribution in [0.2, 0.25) is 0 Å². The Morgan fingerprint density at radius 1 is 1.52 bits per heavy atom. The number of carbonyl (C=O) groups excluding carboxylic acids is 1. The summed E-state index contributed by atoms with van der Waals surface area (Å²) in [5, 5.41) is 11.0. The van der Waals surface area contributed by atoms with Crippen molar-refractivity contribution in [3.05, 3.63) is 22.6 Å². The second kappa shape index (κ2) is 7.57. The van der Waals surface area contributed by atoms with Crippen molar-refractivity contribution in [2.45, 2.75) is 28.6 Å². The van der Waals surface area contributed by atoms with Crippen molar-refractivity contribution in [2.24, 2.45) is 0 Å². The molecule has 0 aromatic carbocycles. The van der Waals surface area contributed by atoms with E-state index in [-0.39, 0.29) is 11.5 Å². The van der Waals surface area contributed by atoms with Crippen molar-refractivity contribution >= 4 is 45.9 Å². The molecule has 112 valence electrons. The van der Waals surface area contributed by atoms with Crippen LogP contribution in [0.25, 0.3) is 0 Å². The Labute approximate surface area is 133 Å².